The van der Waals surface area contributed by atoms with Crippen LogP contribution in [0.4, 0.5) is 4.39 Å². The molecular formula is C15H20BrFN2O2. The van der Waals surface area contributed by atoms with E-state index >= 15 is 0 Å². The van der Waals surface area contributed by atoms with Crippen molar-refractivity contribution in [1.29, 1.82) is 0 Å². The van der Waals surface area contributed by atoms with Gasteiger partial charge < -0.3 is 5.11 Å². The number of aliphatic carboxylic acids is 1. The lowest BCUT2D eigenvalue weighted by Crippen LogP contribution is -2.44. The molecule has 0 amide bonds. The van der Waals surface area contributed by atoms with E-state index in [2.05, 4.69) is 20.8 Å². The minimum atomic E-state index is -0.788. The summed E-state index contributed by atoms with van der Waals surface area (Å²) in [6.45, 7) is 2.60. The van der Waals surface area contributed by atoms with Crippen molar-refractivity contribution in [3.8, 4) is 0 Å². The van der Waals surface area contributed by atoms with E-state index in [0.717, 1.165) is 36.0 Å². The molecule has 6 heteroatoms. The molecule has 1 fully saturated rings. The molecule has 0 atom stereocenters. The van der Waals surface area contributed by atoms with E-state index in [4.69, 9.17) is 5.11 Å². The fraction of sp³-hybridized carbons (Fsp3) is 0.533. The number of nitrogens with zero attached hydrogens (tertiary/aromatic N) is 2. The molecule has 0 aliphatic carbocycles. The molecule has 0 aromatic heterocycles. The monoisotopic (exact) mass is 358 g/mol. The van der Waals surface area contributed by atoms with Crippen molar-refractivity contribution in [2.24, 2.45) is 0 Å². The predicted octanol–water partition coefficient (Wildman–Crippen LogP) is 2.57. The third kappa shape index (κ3) is 4.76. The van der Waals surface area contributed by atoms with Gasteiger partial charge in [-0.05, 0) is 56.7 Å². The normalized spacial score (nSPS) is 17.3. The molecule has 0 saturated carbocycles. The summed E-state index contributed by atoms with van der Waals surface area (Å²) < 4.78 is 14.2. The molecule has 1 saturated heterocycles. The molecule has 0 bridgehead atoms. The second kappa shape index (κ2) is 7.33. The quantitative estimate of drug-likeness (QED) is 0.878. The highest BCUT2D eigenvalue weighted by Crippen LogP contribution is 2.22. The second-order valence-corrected chi connectivity index (χ2v) is 6.41. The number of carbonyl (C=O) groups is 1. The van der Waals surface area contributed by atoms with Crippen LogP contribution in [0.1, 0.15) is 18.4 Å². The number of benzene rings is 1. The summed E-state index contributed by atoms with van der Waals surface area (Å²) in [6.07, 6.45) is 1.88. The van der Waals surface area contributed by atoms with E-state index < -0.39 is 5.97 Å². The van der Waals surface area contributed by atoms with E-state index in [1.165, 1.54) is 6.07 Å². The van der Waals surface area contributed by atoms with Crippen LogP contribution in [0.2, 0.25) is 0 Å². The van der Waals surface area contributed by atoms with Crippen LogP contribution < -0.4 is 0 Å². The molecule has 1 aliphatic rings. The summed E-state index contributed by atoms with van der Waals surface area (Å²) in [5.74, 6) is -1.01. The smallest absolute Gasteiger partial charge is 0.317 e. The van der Waals surface area contributed by atoms with Crippen LogP contribution in [0.25, 0.3) is 0 Å². The Hall–Kier alpha value is -0.980. The first-order valence-corrected chi connectivity index (χ1v) is 7.83. The van der Waals surface area contributed by atoms with E-state index in [1.54, 1.807) is 12.1 Å². The summed E-state index contributed by atoms with van der Waals surface area (Å²) in [5, 5.41) is 8.83. The Bertz CT molecular complexity index is 504. The summed E-state index contributed by atoms with van der Waals surface area (Å²) in [5.41, 5.74) is 0.951. The Morgan fingerprint density at radius 3 is 2.76 bits per heavy atom. The van der Waals surface area contributed by atoms with Crippen LogP contribution in [0.15, 0.2) is 22.7 Å². The molecule has 1 heterocycles. The van der Waals surface area contributed by atoms with E-state index in [9.17, 15) is 9.18 Å². The Kier molecular flexibility index (Phi) is 5.72. The first-order valence-electron chi connectivity index (χ1n) is 7.04. The first kappa shape index (κ1) is 16.4. The highest BCUT2D eigenvalue weighted by atomic mass is 79.9. The number of hydrogen-bond donors (Lipinski definition) is 1. The van der Waals surface area contributed by atoms with Gasteiger partial charge in [0.1, 0.15) is 5.82 Å². The molecule has 0 spiro atoms. The van der Waals surface area contributed by atoms with Gasteiger partial charge >= 0.3 is 5.97 Å². The maximum absolute atomic E-state index is 13.3. The number of rotatable bonds is 5. The van der Waals surface area contributed by atoms with Gasteiger partial charge in [-0.2, -0.15) is 0 Å². The Balaban J connectivity index is 1.86. The van der Waals surface area contributed by atoms with Gasteiger partial charge in [-0.3, -0.25) is 14.6 Å². The zero-order chi connectivity index (χ0) is 15.4. The largest absolute Gasteiger partial charge is 0.480 e. The number of likely N-dealkylation sites (tertiary alicyclic amines) is 1. The second-order valence-electron chi connectivity index (χ2n) is 5.55. The van der Waals surface area contributed by atoms with Gasteiger partial charge in [0.25, 0.3) is 0 Å². The Labute approximate surface area is 132 Å². The van der Waals surface area contributed by atoms with E-state index in [0.29, 0.717) is 12.6 Å². The lowest BCUT2D eigenvalue weighted by molar-refractivity contribution is -0.138. The van der Waals surface area contributed by atoms with Crippen molar-refractivity contribution in [2.45, 2.75) is 25.4 Å². The molecule has 1 aliphatic heterocycles. The molecule has 1 N–H and O–H groups in total. The number of piperidine rings is 1. The summed E-state index contributed by atoms with van der Waals surface area (Å²) in [6, 6.07) is 5.05. The number of hydrogen-bond acceptors (Lipinski definition) is 3. The Morgan fingerprint density at radius 2 is 2.14 bits per heavy atom. The van der Waals surface area contributed by atoms with Crippen LogP contribution in [0.5, 0.6) is 0 Å². The molecule has 1 aromatic rings. The molecule has 21 heavy (non-hydrogen) atoms. The van der Waals surface area contributed by atoms with Gasteiger partial charge in [0, 0.05) is 17.1 Å². The number of likely N-dealkylation sites (N-methyl/N-ethyl adjacent to an activating group) is 1. The van der Waals surface area contributed by atoms with Crippen LogP contribution in [0.3, 0.4) is 0 Å². The van der Waals surface area contributed by atoms with Gasteiger partial charge in [-0.25, -0.2) is 4.39 Å². The molecular weight excluding hydrogens is 339 g/mol. The molecule has 0 unspecified atom stereocenters. The van der Waals surface area contributed by atoms with Crippen molar-refractivity contribution in [2.75, 3.05) is 26.7 Å². The predicted molar refractivity (Wildman–Crippen MR) is 82.7 cm³/mol. The third-order valence-corrected chi connectivity index (χ3v) is 4.74. The zero-order valence-corrected chi connectivity index (χ0v) is 13.6. The highest BCUT2D eigenvalue weighted by Gasteiger charge is 2.23. The van der Waals surface area contributed by atoms with Crippen molar-refractivity contribution < 1.29 is 14.3 Å². The number of carboxylic acid groups (broad SMARTS) is 1. The zero-order valence-electron chi connectivity index (χ0n) is 12.1. The van der Waals surface area contributed by atoms with Crippen LogP contribution >= 0.6 is 15.9 Å². The minimum absolute atomic E-state index is 0.0834. The molecule has 4 nitrogen and oxygen atoms in total. The number of halogens is 2. The van der Waals surface area contributed by atoms with Gasteiger partial charge in [-0.1, -0.05) is 15.9 Å². The maximum atomic E-state index is 13.3. The summed E-state index contributed by atoms with van der Waals surface area (Å²) >= 11 is 3.45. The van der Waals surface area contributed by atoms with Crippen LogP contribution in [-0.4, -0.2) is 53.6 Å². The maximum Gasteiger partial charge on any atom is 0.317 e. The van der Waals surface area contributed by atoms with Crippen LogP contribution in [-0.2, 0) is 11.3 Å². The standard InChI is InChI=1S/C15H20BrFN2O2/c1-18(10-15(20)21)13-4-6-19(7-5-13)9-11-8-12(17)2-3-14(11)16/h2-3,8,13H,4-7,9-10H2,1H3,(H,20,21). The highest BCUT2D eigenvalue weighted by molar-refractivity contribution is 9.10. The van der Waals surface area contributed by atoms with E-state index in [-0.39, 0.29) is 12.4 Å². The third-order valence-electron chi connectivity index (χ3n) is 3.97. The number of carboxylic acids is 1. The Morgan fingerprint density at radius 1 is 1.48 bits per heavy atom. The van der Waals surface area contributed by atoms with Gasteiger partial charge in [0.05, 0.1) is 6.54 Å². The van der Waals surface area contributed by atoms with Crippen molar-refractivity contribution in [3.63, 3.8) is 0 Å². The molecule has 2 rings (SSSR count). The van der Waals surface area contributed by atoms with Gasteiger partial charge in [0.2, 0.25) is 0 Å². The topological polar surface area (TPSA) is 43.8 Å². The lowest BCUT2D eigenvalue weighted by Gasteiger charge is -2.36. The van der Waals surface area contributed by atoms with Crippen molar-refractivity contribution >= 4 is 21.9 Å². The average Bonchev–Trinajstić information content (AvgIpc) is 2.43. The van der Waals surface area contributed by atoms with Gasteiger partial charge in [-0.15, -0.1) is 0 Å². The van der Waals surface area contributed by atoms with E-state index in [1.807, 2.05) is 11.9 Å². The minimum Gasteiger partial charge on any atom is -0.480 e. The average molecular weight is 359 g/mol. The lowest BCUT2D eigenvalue weighted by atomic mass is 10.0. The molecule has 1 aromatic carbocycles. The fourth-order valence-electron chi connectivity index (χ4n) is 2.77. The molecule has 0 radical (unpaired) electrons. The summed E-state index contributed by atoms with van der Waals surface area (Å²) in [4.78, 5) is 14.9. The summed E-state index contributed by atoms with van der Waals surface area (Å²) in [7, 11) is 1.86. The van der Waals surface area contributed by atoms with Gasteiger partial charge in [0.15, 0.2) is 0 Å². The van der Waals surface area contributed by atoms with Crippen LogP contribution in [0, 0.1) is 5.82 Å². The fourth-order valence-corrected chi connectivity index (χ4v) is 3.14. The molecule has 116 valence electrons. The van der Waals surface area contributed by atoms with Crippen molar-refractivity contribution in [1.82, 2.24) is 9.80 Å². The van der Waals surface area contributed by atoms with Crippen molar-refractivity contribution in [3.05, 3.63) is 34.1 Å². The SMILES string of the molecule is CN(CC(=O)O)C1CCN(Cc2cc(F)ccc2Br)CC1. The first-order chi connectivity index (χ1) is 9.95.